The molecule has 0 aliphatic heterocycles. The van der Waals surface area contributed by atoms with Crippen molar-refractivity contribution in [3.05, 3.63) is 29.8 Å². The van der Waals surface area contributed by atoms with E-state index in [2.05, 4.69) is 37.4 Å². The normalized spacial score (nSPS) is 45.3. The van der Waals surface area contributed by atoms with Gasteiger partial charge in [0.15, 0.2) is 5.78 Å². The number of Topliss-reactive ketones (excluding diaryl/α,β-unsaturated/α-hetero) is 1. The maximum Gasteiger partial charge on any atom is 0.166 e. The van der Waals surface area contributed by atoms with E-state index in [0.29, 0.717) is 5.78 Å². The lowest BCUT2D eigenvalue weighted by Crippen LogP contribution is -2.51. The Morgan fingerprint density at radius 1 is 0.933 bits per heavy atom. The van der Waals surface area contributed by atoms with Crippen molar-refractivity contribution >= 4 is 17.5 Å². The van der Waals surface area contributed by atoms with Crippen LogP contribution in [0.1, 0.15) is 82.0 Å². The van der Waals surface area contributed by atoms with E-state index in [4.69, 9.17) is 0 Å². The van der Waals surface area contributed by atoms with Crippen molar-refractivity contribution in [2.24, 2.45) is 40.9 Å². The largest absolute Gasteiger partial charge is 0.390 e. The zero-order chi connectivity index (χ0) is 21.1. The molecule has 4 aliphatic carbocycles. The molecule has 4 saturated carbocycles. The van der Waals surface area contributed by atoms with E-state index in [1.54, 1.807) is 11.8 Å². The lowest BCUT2D eigenvalue weighted by atomic mass is 9.49. The predicted octanol–water partition coefficient (Wildman–Crippen LogP) is 6.61. The molecule has 0 unspecified atom stereocenters. The Labute approximate surface area is 186 Å². The number of fused-ring (bicyclic) bond motifs is 5. The van der Waals surface area contributed by atoms with Gasteiger partial charge in [0.05, 0.1) is 5.60 Å². The Morgan fingerprint density at radius 2 is 1.67 bits per heavy atom. The predicted molar refractivity (Wildman–Crippen MR) is 124 cm³/mol. The number of benzene rings is 1. The molecule has 0 spiro atoms. The first-order chi connectivity index (χ1) is 14.3. The Morgan fingerprint density at radius 3 is 2.40 bits per heavy atom. The van der Waals surface area contributed by atoms with Gasteiger partial charge in [0.2, 0.25) is 0 Å². The minimum atomic E-state index is -0.437. The molecule has 0 saturated heterocycles. The quantitative estimate of drug-likeness (QED) is 0.436. The molecule has 3 heteroatoms. The first kappa shape index (κ1) is 21.1. The minimum Gasteiger partial charge on any atom is -0.390 e. The molecule has 1 N–H and O–H groups in total. The molecule has 0 bridgehead atoms. The molecule has 0 heterocycles. The van der Waals surface area contributed by atoms with Gasteiger partial charge in [-0.2, -0.15) is 0 Å². The average Bonchev–Trinajstić information content (AvgIpc) is 3.09. The van der Waals surface area contributed by atoms with Crippen LogP contribution in [0.5, 0.6) is 0 Å². The van der Waals surface area contributed by atoms with Crippen LogP contribution < -0.4 is 0 Å². The average molecular weight is 427 g/mol. The van der Waals surface area contributed by atoms with E-state index in [1.807, 2.05) is 6.92 Å². The summed E-state index contributed by atoms with van der Waals surface area (Å²) in [7, 11) is 0. The summed E-state index contributed by atoms with van der Waals surface area (Å²) in [6, 6.07) is 8.30. The lowest BCUT2D eigenvalue weighted by Gasteiger charge is -2.56. The van der Waals surface area contributed by atoms with Crippen LogP contribution in [0.3, 0.4) is 0 Å². The molecule has 4 aliphatic rings. The molecule has 4 fully saturated rings. The third kappa shape index (κ3) is 3.39. The molecule has 164 valence electrons. The van der Waals surface area contributed by atoms with Crippen LogP contribution in [0, 0.1) is 40.9 Å². The monoisotopic (exact) mass is 426 g/mol. The van der Waals surface area contributed by atoms with Gasteiger partial charge in [0.25, 0.3) is 0 Å². The number of hydrogen-bond donors (Lipinski definition) is 1. The van der Waals surface area contributed by atoms with E-state index >= 15 is 0 Å². The molecule has 0 amide bonds. The first-order valence-electron chi connectivity index (χ1n) is 12.2. The first-order valence-corrected chi connectivity index (χ1v) is 13.5. The summed E-state index contributed by atoms with van der Waals surface area (Å²) in [5.41, 5.74) is 0.664. The SMILES string of the molecule is CSc1ccc(C(=O)[C@H]2CC[C@H]3[C@@H]4CC[C@@H]5C[C@](C)(O)CC[C@@H]5[C@H]4CC[C@@]23C)cc1. The van der Waals surface area contributed by atoms with E-state index in [-0.39, 0.29) is 11.3 Å². The number of aliphatic hydroxyl groups is 1. The van der Waals surface area contributed by atoms with Crippen molar-refractivity contribution in [1.82, 2.24) is 0 Å². The molecule has 30 heavy (non-hydrogen) atoms. The Balaban J connectivity index is 1.34. The van der Waals surface area contributed by atoms with Crippen molar-refractivity contribution in [3.63, 3.8) is 0 Å². The van der Waals surface area contributed by atoms with Crippen molar-refractivity contribution < 1.29 is 9.90 Å². The highest BCUT2D eigenvalue weighted by atomic mass is 32.2. The fraction of sp³-hybridized carbons (Fsp3) is 0.741. The summed E-state index contributed by atoms with van der Waals surface area (Å²) in [4.78, 5) is 14.8. The van der Waals surface area contributed by atoms with Crippen LogP contribution in [-0.4, -0.2) is 22.7 Å². The third-order valence-electron chi connectivity index (χ3n) is 9.93. The van der Waals surface area contributed by atoms with Crippen molar-refractivity contribution in [3.8, 4) is 0 Å². The van der Waals surface area contributed by atoms with Gasteiger partial charge in [-0.15, -0.1) is 11.8 Å². The summed E-state index contributed by atoms with van der Waals surface area (Å²) in [5, 5.41) is 10.6. The Hall–Kier alpha value is -0.800. The maximum absolute atomic E-state index is 13.5. The topological polar surface area (TPSA) is 37.3 Å². The standard InChI is InChI=1S/C27H38O2S/c1-26(29)14-12-20-18(16-26)6-9-22-21(20)13-15-27(2)23(22)10-11-24(27)25(28)17-4-7-19(30-3)8-5-17/h4-5,7-8,18,20-24,29H,6,9-16H2,1-3H3/t18-,20+,21-,22-,23+,24-,26-,27-/m1/s1. The minimum absolute atomic E-state index is 0.184. The van der Waals surface area contributed by atoms with Crippen LogP contribution in [0.15, 0.2) is 29.2 Å². The van der Waals surface area contributed by atoms with Crippen LogP contribution in [0.4, 0.5) is 0 Å². The summed E-state index contributed by atoms with van der Waals surface area (Å²) in [5.74, 6) is 4.52. The van der Waals surface area contributed by atoms with E-state index in [9.17, 15) is 9.90 Å². The molecular weight excluding hydrogens is 388 g/mol. The molecule has 1 aromatic carbocycles. The summed E-state index contributed by atoms with van der Waals surface area (Å²) in [6.07, 6.45) is 12.7. The second kappa shape index (κ2) is 7.66. The van der Waals surface area contributed by atoms with Gasteiger partial charge < -0.3 is 5.11 Å². The molecule has 1 aromatic rings. The molecule has 2 nitrogen and oxygen atoms in total. The van der Waals surface area contributed by atoms with Crippen LogP contribution in [0.25, 0.3) is 0 Å². The highest BCUT2D eigenvalue weighted by Gasteiger charge is 2.58. The fourth-order valence-electron chi connectivity index (χ4n) is 8.47. The summed E-state index contributed by atoms with van der Waals surface area (Å²) < 4.78 is 0. The van der Waals surface area contributed by atoms with Crippen molar-refractivity contribution in [2.45, 2.75) is 82.1 Å². The number of ketones is 1. The molecule has 8 atom stereocenters. The van der Waals surface area contributed by atoms with Gasteiger partial charge in [-0.25, -0.2) is 0 Å². The number of rotatable bonds is 3. The van der Waals surface area contributed by atoms with Gasteiger partial charge in [0.1, 0.15) is 0 Å². The zero-order valence-electron chi connectivity index (χ0n) is 18.9. The number of hydrogen-bond acceptors (Lipinski definition) is 3. The van der Waals surface area contributed by atoms with Crippen molar-refractivity contribution in [1.29, 1.82) is 0 Å². The summed E-state index contributed by atoms with van der Waals surface area (Å²) >= 11 is 1.73. The Kier molecular flexibility index (Phi) is 5.38. The Bertz CT molecular complexity index is 800. The second-order valence-electron chi connectivity index (χ2n) is 11.4. The van der Waals surface area contributed by atoms with Crippen LogP contribution in [0.2, 0.25) is 0 Å². The van der Waals surface area contributed by atoms with E-state index < -0.39 is 5.60 Å². The maximum atomic E-state index is 13.5. The number of carbonyl (C=O) groups excluding carboxylic acids is 1. The lowest BCUT2D eigenvalue weighted by molar-refractivity contribution is -0.0976. The highest BCUT2D eigenvalue weighted by molar-refractivity contribution is 7.98. The van der Waals surface area contributed by atoms with Crippen molar-refractivity contribution in [2.75, 3.05) is 6.26 Å². The fourth-order valence-corrected chi connectivity index (χ4v) is 8.88. The second-order valence-corrected chi connectivity index (χ2v) is 12.3. The molecule has 5 rings (SSSR count). The van der Waals surface area contributed by atoms with Gasteiger partial charge in [0, 0.05) is 16.4 Å². The molecular formula is C27H38O2S. The number of carbonyl (C=O) groups is 1. The van der Waals surface area contributed by atoms with E-state index in [1.165, 1.54) is 43.4 Å². The van der Waals surface area contributed by atoms with Gasteiger partial charge in [-0.3, -0.25) is 4.79 Å². The highest BCUT2D eigenvalue weighted by Crippen LogP contribution is 2.64. The van der Waals surface area contributed by atoms with Crippen LogP contribution in [-0.2, 0) is 0 Å². The van der Waals surface area contributed by atoms with Gasteiger partial charge in [-0.05, 0) is 118 Å². The molecule has 0 aromatic heterocycles. The number of thioether (sulfide) groups is 1. The van der Waals surface area contributed by atoms with E-state index in [0.717, 1.165) is 54.4 Å². The molecule has 0 radical (unpaired) electrons. The third-order valence-corrected chi connectivity index (χ3v) is 10.7. The smallest absolute Gasteiger partial charge is 0.166 e. The van der Waals surface area contributed by atoms with Gasteiger partial charge in [-0.1, -0.05) is 19.1 Å². The summed E-state index contributed by atoms with van der Waals surface area (Å²) in [6.45, 7) is 4.50. The zero-order valence-corrected chi connectivity index (χ0v) is 19.7. The van der Waals surface area contributed by atoms with Gasteiger partial charge >= 0.3 is 0 Å². The van der Waals surface area contributed by atoms with Crippen LogP contribution >= 0.6 is 11.8 Å².